The quantitative estimate of drug-likeness (QED) is 0.250. The van der Waals surface area contributed by atoms with Gasteiger partial charge in [0.05, 0.1) is 19.5 Å². The lowest BCUT2D eigenvalue weighted by Gasteiger charge is -2.17. The van der Waals surface area contributed by atoms with Crippen molar-refractivity contribution in [2.24, 2.45) is 0 Å². The van der Waals surface area contributed by atoms with Crippen molar-refractivity contribution in [3.8, 4) is 0 Å². The number of H-pyrrole nitrogens is 1. The number of imidazole rings is 1. The third-order valence-corrected chi connectivity index (χ3v) is 5.46. The Balaban J connectivity index is 1.32. The molecule has 0 aliphatic heterocycles. The lowest BCUT2D eigenvalue weighted by molar-refractivity contribution is 0.136. The van der Waals surface area contributed by atoms with E-state index in [9.17, 15) is 9.59 Å². The largest absolute Gasteiger partial charge is 0.518 e. The average Bonchev–Trinajstić information content (AvgIpc) is 3.39. The fraction of sp³-hybridized carbons (Fsp3) is 0.263. The number of hydrogen-bond acceptors (Lipinski definition) is 10. The third-order valence-electron chi connectivity index (χ3n) is 4.24. The van der Waals surface area contributed by atoms with E-state index in [1.807, 2.05) is 30.3 Å². The molecular formula is C19H20N5O7P. The van der Waals surface area contributed by atoms with Crippen LogP contribution in [0.1, 0.15) is 11.3 Å². The number of nitrogens with two attached hydrogens (primary N) is 1. The Morgan fingerprint density at radius 1 is 1.16 bits per heavy atom. The third kappa shape index (κ3) is 5.68. The van der Waals surface area contributed by atoms with E-state index in [0.717, 1.165) is 5.56 Å². The van der Waals surface area contributed by atoms with Crippen LogP contribution in [0, 0.1) is 0 Å². The lowest BCUT2D eigenvalue weighted by Crippen LogP contribution is -2.13. The molecule has 1 atom stereocenters. The summed E-state index contributed by atoms with van der Waals surface area (Å²) >= 11 is 0. The lowest BCUT2D eigenvalue weighted by atomic mass is 10.2. The average molecular weight is 461 g/mol. The molecule has 1 aromatic carbocycles. The van der Waals surface area contributed by atoms with Crippen LogP contribution in [0.3, 0.4) is 0 Å². The van der Waals surface area contributed by atoms with Gasteiger partial charge < -0.3 is 32.9 Å². The number of nitrogens with zero attached hydrogens (tertiary/aromatic N) is 3. The summed E-state index contributed by atoms with van der Waals surface area (Å²) < 4.78 is 28.5. The summed E-state index contributed by atoms with van der Waals surface area (Å²) in [5, 5.41) is 0. The van der Waals surface area contributed by atoms with E-state index >= 15 is 0 Å². The van der Waals surface area contributed by atoms with Crippen LogP contribution in [0.5, 0.6) is 0 Å². The minimum absolute atomic E-state index is 0.00766. The second kappa shape index (κ2) is 10.3. The van der Waals surface area contributed by atoms with Crippen LogP contribution in [0.4, 0.5) is 5.95 Å². The zero-order valence-electron chi connectivity index (χ0n) is 16.8. The van der Waals surface area contributed by atoms with Crippen molar-refractivity contribution in [1.29, 1.82) is 0 Å². The van der Waals surface area contributed by atoms with Gasteiger partial charge in [-0.2, -0.15) is 4.98 Å². The molecule has 4 aromatic rings. The van der Waals surface area contributed by atoms with Gasteiger partial charge in [-0.15, -0.1) is 0 Å². The van der Waals surface area contributed by atoms with Gasteiger partial charge in [-0.05, 0) is 5.56 Å². The van der Waals surface area contributed by atoms with Gasteiger partial charge in [0.15, 0.2) is 25.3 Å². The van der Waals surface area contributed by atoms with Gasteiger partial charge >= 0.3 is 5.82 Å². The minimum Gasteiger partial charge on any atom is -0.399 e. The monoisotopic (exact) mass is 461 g/mol. The Morgan fingerprint density at radius 3 is 2.75 bits per heavy atom. The second-order valence-corrected chi connectivity index (χ2v) is 7.96. The summed E-state index contributed by atoms with van der Waals surface area (Å²) in [7, 11) is -1.45. The van der Waals surface area contributed by atoms with Gasteiger partial charge in [-0.25, -0.2) is 9.78 Å². The highest BCUT2D eigenvalue weighted by Crippen LogP contribution is 2.40. The molecule has 3 aromatic heterocycles. The maximum atomic E-state index is 11.9. The van der Waals surface area contributed by atoms with E-state index in [0.29, 0.717) is 18.8 Å². The van der Waals surface area contributed by atoms with Crippen molar-refractivity contribution in [2.75, 3.05) is 18.7 Å². The second-order valence-electron chi connectivity index (χ2n) is 6.52. The van der Waals surface area contributed by atoms with Crippen LogP contribution in [0.15, 0.2) is 61.3 Å². The fourth-order valence-electron chi connectivity index (χ4n) is 2.74. The molecule has 3 N–H and O–H groups in total. The molecule has 4 rings (SSSR count). The molecule has 0 aliphatic carbocycles. The standard InChI is InChI=1S/C19H20N5O7P/c20-18-22-16-15(17(25)23-18)21-11-24(16)6-7-27-12-32(29-8-13-4-2-1-3-5-13)30-10-14-9-28-19(26)31-14/h1-5,9,11H,6-8,10,12H2,(H3,20,22,23,25). The number of fused-ring (bicyclic) bond motifs is 1. The molecule has 0 amide bonds. The number of aromatic amines is 1. The number of nitrogens with one attached hydrogen (secondary N) is 1. The first kappa shape index (κ1) is 21.9. The van der Waals surface area contributed by atoms with Gasteiger partial charge in [-0.1, -0.05) is 30.3 Å². The molecule has 12 nitrogen and oxygen atoms in total. The molecule has 32 heavy (non-hydrogen) atoms. The molecule has 3 heterocycles. The molecule has 0 spiro atoms. The summed E-state index contributed by atoms with van der Waals surface area (Å²) in [5.41, 5.74) is 6.78. The van der Waals surface area contributed by atoms with Crippen LogP contribution < -0.4 is 17.1 Å². The first-order chi connectivity index (χ1) is 15.6. The normalized spacial score (nSPS) is 12.4. The minimum atomic E-state index is -1.45. The smallest absolute Gasteiger partial charge is 0.399 e. The topological polar surface area (TPSA) is 161 Å². The van der Waals surface area contributed by atoms with Crippen molar-refractivity contribution in [3.05, 3.63) is 75.2 Å². The van der Waals surface area contributed by atoms with E-state index in [4.69, 9.17) is 23.9 Å². The molecule has 0 fully saturated rings. The number of aromatic nitrogens is 4. The fourth-order valence-corrected chi connectivity index (χ4v) is 3.80. The molecule has 1 unspecified atom stereocenters. The summed E-state index contributed by atoms with van der Waals surface area (Å²) in [5.74, 6) is -0.526. The molecule has 0 radical (unpaired) electrons. The molecule has 168 valence electrons. The van der Waals surface area contributed by atoms with Crippen LogP contribution in [0.2, 0.25) is 0 Å². The van der Waals surface area contributed by atoms with Crippen LogP contribution in [-0.2, 0) is 33.5 Å². The summed E-state index contributed by atoms with van der Waals surface area (Å²) in [6, 6.07) is 9.63. The molecule has 13 heteroatoms. The van der Waals surface area contributed by atoms with Gasteiger partial charge in [0.25, 0.3) is 5.56 Å². The molecule has 0 bridgehead atoms. The first-order valence-electron chi connectivity index (χ1n) is 9.51. The molecule has 0 saturated carbocycles. The van der Waals surface area contributed by atoms with Crippen LogP contribution in [0.25, 0.3) is 11.2 Å². The summed E-state index contributed by atoms with van der Waals surface area (Å²) in [6.45, 7) is 1.03. The highest BCUT2D eigenvalue weighted by atomic mass is 31.2. The maximum absolute atomic E-state index is 11.9. The zero-order valence-corrected chi connectivity index (χ0v) is 17.7. The van der Waals surface area contributed by atoms with E-state index in [1.165, 1.54) is 12.6 Å². The van der Waals surface area contributed by atoms with Crippen molar-refractivity contribution < 1.29 is 22.6 Å². The highest BCUT2D eigenvalue weighted by molar-refractivity contribution is 7.46. The van der Waals surface area contributed by atoms with E-state index in [-0.39, 0.29) is 36.8 Å². The van der Waals surface area contributed by atoms with Crippen LogP contribution >= 0.6 is 8.38 Å². The Kier molecular flexibility index (Phi) is 7.07. The number of anilines is 1. The SMILES string of the molecule is Nc1nc2c(ncn2CCOCP(OCc2ccccc2)OCc2coc(=O)o2)c(=O)[nH]1. The van der Waals surface area contributed by atoms with Gasteiger partial charge in [0, 0.05) is 6.54 Å². The Hall–Kier alpha value is -3.31. The van der Waals surface area contributed by atoms with Gasteiger partial charge in [0.1, 0.15) is 19.2 Å². The van der Waals surface area contributed by atoms with Crippen molar-refractivity contribution >= 4 is 25.5 Å². The Morgan fingerprint density at radius 2 is 1.97 bits per heavy atom. The molecule has 0 saturated heterocycles. The van der Waals surface area contributed by atoms with Crippen molar-refractivity contribution in [1.82, 2.24) is 19.5 Å². The number of benzene rings is 1. The molecular weight excluding hydrogens is 441 g/mol. The zero-order chi connectivity index (χ0) is 22.3. The summed E-state index contributed by atoms with van der Waals surface area (Å²) in [4.78, 5) is 33.5. The number of nitrogen functional groups attached to an aromatic ring is 1. The predicted molar refractivity (Wildman–Crippen MR) is 114 cm³/mol. The van der Waals surface area contributed by atoms with Gasteiger partial charge in [-0.3, -0.25) is 9.78 Å². The Bertz CT molecular complexity index is 1270. The van der Waals surface area contributed by atoms with Crippen molar-refractivity contribution in [3.63, 3.8) is 0 Å². The highest BCUT2D eigenvalue weighted by Gasteiger charge is 2.15. The molecule has 0 aliphatic rings. The maximum Gasteiger partial charge on any atom is 0.518 e. The van der Waals surface area contributed by atoms with E-state index in [2.05, 4.69) is 19.4 Å². The number of ether oxygens (including phenoxy) is 1. The van der Waals surface area contributed by atoms with Crippen molar-refractivity contribution in [2.45, 2.75) is 19.8 Å². The van der Waals surface area contributed by atoms with Gasteiger partial charge in [0.2, 0.25) is 5.95 Å². The van der Waals surface area contributed by atoms with Crippen LogP contribution in [-0.4, -0.2) is 32.5 Å². The first-order valence-corrected chi connectivity index (χ1v) is 10.9. The number of rotatable bonds is 11. The van der Waals surface area contributed by atoms with E-state index in [1.54, 1.807) is 4.57 Å². The summed E-state index contributed by atoms with van der Waals surface area (Å²) in [6.07, 6.45) is 2.87. The number of hydrogen-bond donors (Lipinski definition) is 2. The van der Waals surface area contributed by atoms with E-state index < -0.39 is 19.8 Å². The Labute approximate surface area is 181 Å². The predicted octanol–water partition coefficient (Wildman–Crippen LogP) is 1.97.